The van der Waals surface area contributed by atoms with Gasteiger partial charge in [-0.25, -0.2) is 4.21 Å². The van der Waals surface area contributed by atoms with E-state index in [9.17, 15) is 4.21 Å². The minimum Gasteiger partial charge on any atom is -0.364 e. The molecule has 0 unspecified atom stereocenters. The summed E-state index contributed by atoms with van der Waals surface area (Å²) in [6, 6.07) is 0. The predicted molar refractivity (Wildman–Crippen MR) is 35.2 cm³/mol. The van der Waals surface area contributed by atoms with Crippen LogP contribution in [0.5, 0.6) is 0 Å². The minimum absolute atomic E-state index is 0.361. The number of hydrogen-bond donors (Lipinski definition) is 0. The molecule has 9 heavy (non-hydrogen) atoms. The Hall–Kier alpha value is -0.420. The molecule has 0 aliphatic carbocycles. The second-order valence-electron chi connectivity index (χ2n) is 1.88. The molecule has 1 heterocycles. The first kappa shape index (κ1) is 6.70. The summed E-state index contributed by atoms with van der Waals surface area (Å²) in [5, 5.41) is 0. The molecule has 1 rings (SSSR count). The molecule has 52 valence electrons. The molecule has 1 aliphatic rings. The Morgan fingerprint density at radius 3 is 2.67 bits per heavy atom. The molecule has 0 radical (unpaired) electrons. The predicted octanol–water partition coefficient (Wildman–Crippen LogP) is -0.445. The van der Waals surface area contributed by atoms with Crippen molar-refractivity contribution in [3.8, 4) is 0 Å². The van der Waals surface area contributed by atoms with Gasteiger partial charge in [0.05, 0.1) is 0 Å². The molecular weight excluding hydrogens is 140 g/mol. The second-order valence-corrected chi connectivity index (χ2v) is 2.73. The maximum atomic E-state index is 10.4. The van der Waals surface area contributed by atoms with Crippen molar-refractivity contribution in [3.63, 3.8) is 0 Å². The van der Waals surface area contributed by atoms with Crippen LogP contribution in [0, 0.1) is 0 Å². The van der Waals surface area contributed by atoms with Gasteiger partial charge in [-0.15, -0.1) is 4.40 Å². The van der Waals surface area contributed by atoms with Crippen molar-refractivity contribution in [3.05, 3.63) is 0 Å². The van der Waals surface area contributed by atoms with Crippen molar-refractivity contribution in [2.75, 3.05) is 20.7 Å². The van der Waals surface area contributed by atoms with Gasteiger partial charge in [0.25, 0.3) is 11.3 Å². The zero-order chi connectivity index (χ0) is 6.85. The third kappa shape index (κ3) is 1.49. The van der Waals surface area contributed by atoms with Crippen LogP contribution in [0.2, 0.25) is 0 Å². The van der Waals surface area contributed by atoms with Gasteiger partial charge in [-0.2, -0.15) is 0 Å². The molecule has 0 fully saturated rings. The van der Waals surface area contributed by atoms with Crippen LogP contribution in [0.15, 0.2) is 4.40 Å². The molecular formula is C4H8N2O2S. The van der Waals surface area contributed by atoms with Crippen LogP contribution >= 0.6 is 0 Å². The smallest absolute Gasteiger partial charge is 0.286 e. The molecule has 0 bridgehead atoms. The largest absolute Gasteiger partial charge is 0.364 e. The molecule has 0 spiro atoms. The Morgan fingerprint density at radius 2 is 2.44 bits per heavy atom. The van der Waals surface area contributed by atoms with E-state index in [1.807, 2.05) is 14.1 Å². The Balaban J connectivity index is 2.62. The molecule has 0 N–H and O–H groups in total. The van der Waals surface area contributed by atoms with Gasteiger partial charge in [-0.1, -0.05) is 0 Å². The first-order valence-electron chi connectivity index (χ1n) is 2.50. The highest BCUT2D eigenvalue weighted by Crippen LogP contribution is 2.01. The Kier molecular flexibility index (Phi) is 1.82. The van der Waals surface area contributed by atoms with Gasteiger partial charge in [0.15, 0.2) is 0 Å². The summed E-state index contributed by atoms with van der Waals surface area (Å²) in [6.45, 7) is 0.361. The Labute approximate surface area is 56.3 Å². The molecule has 4 nitrogen and oxygen atoms in total. The van der Waals surface area contributed by atoms with Crippen molar-refractivity contribution >= 4 is 17.1 Å². The van der Waals surface area contributed by atoms with E-state index >= 15 is 0 Å². The van der Waals surface area contributed by atoms with E-state index in [1.165, 1.54) is 0 Å². The molecule has 0 aromatic rings. The highest BCUT2D eigenvalue weighted by Gasteiger charge is 2.14. The zero-order valence-electron chi connectivity index (χ0n) is 5.33. The van der Waals surface area contributed by atoms with Gasteiger partial charge in [0, 0.05) is 14.1 Å². The highest BCUT2D eigenvalue weighted by molar-refractivity contribution is 7.79. The highest BCUT2D eigenvalue weighted by atomic mass is 32.2. The number of hydrogen-bond acceptors (Lipinski definition) is 3. The topological polar surface area (TPSA) is 41.9 Å². The van der Waals surface area contributed by atoms with Crippen LogP contribution in [0.3, 0.4) is 0 Å². The van der Waals surface area contributed by atoms with Crippen molar-refractivity contribution in [2.24, 2.45) is 4.40 Å². The molecule has 1 atom stereocenters. The van der Waals surface area contributed by atoms with Crippen molar-refractivity contribution < 1.29 is 8.39 Å². The van der Waals surface area contributed by atoms with E-state index in [1.54, 1.807) is 4.90 Å². The van der Waals surface area contributed by atoms with Crippen LogP contribution in [0.4, 0.5) is 0 Å². The molecule has 0 saturated carbocycles. The maximum Gasteiger partial charge on any atom is 0.286 e. The average Bonchev–Trinajstić information content (AvgIpc) is 2.14. The van der Waals surface area contributed by atoms with E-state index in [-0.39, 0.29) is 0 Å². The summed E-state index contributed by atoms with van der Waals surface area (Å²) in [7, 11) is 3.68. The van der Waals surface area contributed by atoms with E-state index in [0.717, 1.165) is 5.84 Å². The summed E-state index contributed by atoms with van der Waals surface area (Å²) >= 11 is -1.43. The number of rotatable bonds is 0. The lowest BCUT2D eigenvalue weighted by molar-refractivity contribution is 0.406. The van der Waals surface area contributed by atoms with Gasteiger partial charge in [0.2, 0.25) is 0 Å². The van der Waals surface area contributed by atoms with Crippen LogP contribution in [-0.2, 0) is 15.4 Å². The van der Waals surface area contributed by atoms with E-state index in [2.05, 4.69) is 8.58 Å². The van der Waals surface area contributed by atoms with E-state index < -0.39 is 11.3 Å². The van der Waals surface area contributed by atoms with Crippen LogP contribution in [-0.4, -0.2) is 35.6 Å². The van der Waals surface area contributed by atoms with Crippen molar-refractivity contribution in [2.45, 2.75) is 0 Å². The molecule has 0 amide bonds. The lowest BCUT2D eigenvalue weighted by Gasteiger charge is -2.07. The SMILES string of the molecule is CN(C)C1=N[S@](=O)OC1. The quantitative estimate of drug-likeness (QED) is 0.467. The first-order chi connectivity index (χ1) is 4.20. The Bertz CT molecular complexity index is 166. The van der Waals surface area contributed by atoms with Crippen LogP contribution in [0.25, 0.3) is 0 Å². The lowest BCUT2D eigenvalue weighted by Crippen LogP contribution is -2.22. The molecule has 0 aromatic carbocycles. The van der Waals surface area contributed by atoms with Crippen molar-refractivity contribution in [1.82, 2.24) is 4.90 Å². The summed E-state index contributed by atoms with van der Waals surface area (Å²) in [5.74, 6) is 0.730. The fourth-order valence-corrected chi connectivity index (χ4v) is 1.10. The number of likely N-dealkylation sites (N-methyl/N-ethyl adjacent to an activating group) is 1. The monoisotopic (exact) mass is 148 g/mol. The molecule has 0 aromatic heterocycles. The normalized spacial score (nSPS) is 26.0. The fourth-order valence-electron chi connectivity index (χ4n) is 0.453. The zero-order valence-corrected chi connectivity index (χ0v) is 6.14. The van der Waals surface area contributed by atoms with E-state index in [4.69, 9.17) is 0 Å². The third-order valence-electron chi connectivity index (χ3n) is 0.985. The fraction of sp³-hybridized carbons (Fsp3) is 0.750. The standard InChI is InChI=1S/C4H8N2O2S/c1-6(2)4-3-8-9(7)5-4/h3H2,1-2H3/t9-/m1/s1. The molecule has 5 heteroatoms. The van der Waals surface area contributed by atoms with Crippen LogP contribution in [0.1, 0.15) is 0 Å². The van der Waals surface area contributed by atoms with E-state index in [0.29, 0.717) is 6.61 Å². The molecule has 1 aliphatic heterocycles. The first-order valence-corrected chi connectivity index (χ1v) is 3.53. The maximum absolute atomic E-state index is 10.4. The van der Waals surface area contributed by atoms with Gasteiger partial charge in [0.1, 0.15) is 12.4 Å². The summed E-state index contributed by atoms with van der Waals surface area (Å²) in [5.41, 5.74) is 0. The second kappa shape index (κ2) is 2.45. The number of amidine groups is 1. The Morgan fingerprint density at radius 1 is 1.78 bits per heavy atom. The van der Waals surface area contributed by atoms with Gasteiger partial charge in [-0.3, -0.25) is 4.18 Å². The average molecular weight is 148 g/mol. The summed E-state index contributed by atoms with van der Waals surface area (Å²) in [6.07, 6.45) is 0. The van der Waals surface area contributed by atoms with Gasteiger partial charge >= 0.3 is 0 Å². The summed E-state index contributed by atoms with van der Waals surface area (Å²) < 4.78 is 18.8. The third-order valence-corrected chi connectivity index (χ3v) is 1.66. The minimum atomic E-state index is -1.43. The van der Waals surface area contributed by atoms with Gasteiger partial charge in [-0.05, 0) is 0 Å². The lowest BCUT2D eigenvalue weighted by atomic mass is 10.6. The number of nitrogens with zero attached hydrogens (tertiary/aromatic N) is 2. The van der Waals surface area contributed by atoms with Gasteiger partial charge < -0.3 is 4.90 Å². The van der Waals surface area contributed by atoms with Crippen molar-refractivity contribution in [1.29, 1.82) is 0 Å². The molecule has 0 saturated heterocycles. The van der Waals surface area contributed by atoms with Crippen LogP contribution < -0.4 is 0 Å². The summed E-state index contributed by atoms with van der Waals surface area (Å²) in [4.78, 5) is 1.78.